The summed E-state index contributed by atoms with van der Waals surface area (Å²) in [5.41, 5.74) is 2.58. The standard InChI is InChI=1S/C28H34F2N2O3.C24H29Cl2N3O2S.C24H28F3N3O2S/c1-35-26-4-2-3-23(17-26)21-7-11-31(12-8-21)27(19-33)22-9-13-32(14-10-22)28(34)6-5-20-15-24(29)18-25(30)16-20;25-20-3-1-17(15-21(20)26)2-4-23(31)29-12-5-18(6-13-29)22(16-30)28-10-7-19(8-11-28)24-27-9-14-32-24;25-19-13-16(14-20(26)23(19)27)1-2-22(32)30-10-3-17(4-11-30)21(15-31)29-8-5-18(6-9-29)24-28-7-12-33-24/h2-6,15-18,21-22,27,33H,7-14,19H2,1H3;1-4,9,14-15,18-19,22,30H,5-8,10-13,16H2;1-2,7,12-14,17-18,21,31H,3-6,8-11,15H2/b6-5+;4-2+;2-1+. The Morgan fingerprint density at radius 3 is 1.25 bits per heavy atom. The average molecular weight is 1460 g/mol. The van der Waals surface area contributed by atoms with Gasteiger partial charge < -0.3 is 34.8 Å². The normalized spacial score (nSPS) is 19.8. The molecule has 4 aromatic carbocycles. The maximum Gasteiger partial charge on any atom is 0.246 e. The highest BCUT2D eigenvalue weighted by Crippen LogP contribution is 2.37. The number of likely N-dealkylation sites (tertiary alicyclic amines) is 6. The van der Waals surface area contributed by atoms with Crippen LogP contribution < -0.4 is 4.74 Å². The molecule has 3 amide bonds. The number of carbonyl (C=O) groups excluding carboxylic acids is 3. The lowest BCUT2D eigenvalue weighted by Crippen LogP contribution is -2.50. The highest BCUT2D eigenvalue weighted by molar-refractivity contribution is 7.09. The number of halogens is 7. The molecule has 24 heteroatoms. The highest BCUT2D eigenvalue weighted by atomic mass is 35.5. The molecule has 100 heavy (non-hydrogen) atoms. The Hall–Kier alpha value is -6.44. The summed E-state index contributed by atoms with van der Waals surface area (Å²) in [6.45, 7) is 9.95. The lowest BCUT2D eigenvalue weighted by Gasteiger charge is -2.43. The van der Waals surface area contributed by atoms with E-state index in [4.69, 9.17) is 27.9 Å². The molecule has 0 spiro atoms. The Morgan fingerprint density at radius 1 is 0.490 bits per heavy atom. The van der Waals surface area contributed by atoms with Gasteiger partial charge in [0.05, 0.1) is 47.0 Å². The molecule has 3 unspecified atom stereocenters. The molecular weight excluding hydrogens is 1370 g/mol. The molecule has 3 N–H and O–H groups in total. The molecular formula is C76H91Cl2F5N8O7S2. The number of piperidine rings is 6. The molecule has 6 aromatic rings. The number of hydrogen-bond acceptors (Lipinski definition) is 14. The molecule has 0 radical (unpaired) electrons. The van der Waals surface area contributed by atoms with Crippen LogP contribution in [-0.2, 0) is 14.4 Å². The Kier molecular flexibility index (Phi) is 28.7. The second kappa shape index (κ2) is 37.7. The summed E-state index contributed by atoms with van der Waals surface area (Å²) in [6.07, 6.45) is 23.9. The SMILES string of the molecule is COc1cccc(C2CCN(C(CO)C3CCN(C(=O)/C=C/c4cc(F)cc(F)c4)CC3)CC2)c1.O=C(/C=C/c1cc(F)c(F)c(F)c1)N1CCC(C(CO)N2CCC(c3nccs3)CC2)CC1.O=C(/C=C/c1ccc(Cl)c(Cl)c1)N1CCC(C(CO)N2CCC(c3nccs3)CC2)CC1. The van der Waals surface area contributed by atoms with Crippen molar-refractivity contribution in [3.63, 3.8) is 0 Å². The van der Waals surface area contributed by atoms with Gasteiger partial charge in [0.15, 0.2) is 17.5 Å². The van der Waals surface area contributed by atoms with E-state index in [9.17, 15) is 51.7 Å². The second-order valence-corrected chi connectivity index (χ2v) is 29.5. The van der Waals surface area contributed by atoms with Gasteiger partial charge in [0.25, 0.3) is 0 Å². The first-order valence-corrected chi connectivity index (χ1v) is 37.4. The zero-order chi connectivity index (χ0) is 70.7. The lowest BCUT2D eigenvalue weighted by atomic mass is 9.84. The Bertz CT molecular complexity index is 3640. The number of thiazole rings is 2. The Balaban J connectivity index is 0.000000162. The van der Waals surface area contributed by atoms with Gasteiger partial charge in [0, 0.05) is 117 Å². The summed E-state index contributed by atoms with van der Waals surface area (Å²) in [5, 5.41) is 37.9. The largest absolute Gasteiger partial charge is 0.497 e. The minimum atomic E-state index is -1.52. The summed E-state index contributed by atoms with van der Waals surface area (Å²) in [6, 6.07) is 18.9. The fourth-order valence-electron chi connectivity index (χ4n) is 15.3. The molecule has 6 aliphatic rings. The number of rotatable bonds is 19. The molecule has 12 rings (SSSR count). The van der Waals surface area contributed by atoms with Gasteiger partial charge in [0.1, 0.15) is 17.4 Å². The molecule has 6 fully saturated rings. The van der Waals surface area contributed by atoms with E-state index in [1.807, 2.05) is 46.3 Å². The molecule has 538 valence electrons. The highest BCUT2D eigenvalue weighted by Gasteiger charge is 2.37. The van der Waals surface area contributed by atoms with Crippen LogP contribution in [0.1, 0.15) is 127 Å². The van der Waals surface area contributed by atoms with Crippen LogP contribution in [0, 0.1) is 46.8 Å². The zero-order valence-corrected chi connectivity index (χ0v) is 59.6. The van der Waals surface area contributed by atoms with Crippen molar-refractivity contribution in [1.82, 2.24) is 39.4 Å². The summed E-state index contributed by atoms with van der Waals surface area (Å²) in [4.78, 5) is 59.3. The van der Waals surface area contributed by atoms with E-state index < -0.39 is 29.1 Å². The predicted octanol–water partition coefficient (Wildman–Crippen LogP) is 13.5. The number of benzene rings is 4. The maximum absolute atomic E-state index is 13.4. The van der Waals surface area contributed by atoms with E-state index in [1.54, 1.807) is 63.9 Å². The number of hydrogen-bond donors (Lipinski definition) is 3. The van der Waals surface area contributed by atoms with Crippen LogP contribution in [0.25, 0.3) is 18.2 Å². The van der Waals surface area contributed by atoms with E-state index in [1.165, 1.54) is 52.0 Å². The van der Waals surface area contributed by atoms with Gasteiger partial charge in [-0.05, 0) is 229 Å². The number of methoxy groups -OCH3 is 1. The van der Waals surface area contributed by atoms with Crippen LogP contribution >= 0.6 is 45.9 Å². The molecule has 2 aromatic heterocycles. The number of aliphatic hydroxyl groups is 3. The first-order chi connectivity index (χ1) is 48.5. The number of ether oxygens (including phenoxy) is 1. The number of carbonyl (C=O) groups is 3. The molecule has 6 aliphatic heterocycles. The topological polar surface area (TPSA) is 166 Å². The van der Waals surface area contributed by atoms with E-state index >= 15 is 0 Å². The third-order valence-corrected chi connectivity index (χ3v) is 23.6. The minimum absolute atomic E-state index is 0.0133. The van der Waals surface area contributed by atoms with Crippen molar-refractivity contribution in [3.8, 4) is 5.75 Å². The summed E-state index contributed by atoms with van der Waals surface area (Å²) < 4.78 is 71.8. The smallest absolute Gasteiger partial charge is 0.246 e. The Morgan fingerprint density at radius 2 is 0.880 bits per heavy atom. The van der Waals surface area contributed by atoms with Gasteiger partial charge in [-0.3, -0.25) is 29.1 Å². The molecule has 0 saturated carbocycles. The number of nitrogens with zero attached hydrogens (tertiary/aromatic N) is 8. The van der Waals surface area contributed by atoms with Gasteiger partial charge in [-0.2, -0.15) is 0 Å². The maximum atomic E-state index is 13.4. The first-order valence-electron chi connectivity index (χ1n) is 34.9. The van der Waals surface area contributed by atoms with E-state index in [-0.39, 0.29) is 61.2 Å². The quantitative estimate of drug-likeness (QED) is 0.0400. The Labute approximate surface area is 601 Å². The van der Waals surface area contributed by atoms with Crippen LogP contribution in [-0.4, -0.2) is 196 Å². The number of amides is 3. The van der Waals surface area contributed by atoms with Crippen molar-refractivity contribution in [2.75, 3.05) is 105 Å². The van der Waals surface area contributed by atoms with Gasteiger partial charge in [-0.1, -0.05) is 41.4 Å². The molecule has 3 atom stereocenters. The zero-order valence-electron chi connectivity index (χ0n) is 56.5. The second-order valence-electron chi connectivity index (χ2n) is 26.9. The van der Waals surface area contributed by atoms with Crippen molar-refractivity contribution in [3.05, 3.63) is 186 Å². The van der Waals surface area contributed by atoms with E-state index in [0.717, 1.165) is 159 Å². The molecule has 6 saturated heterocycles. The van der Waals surface area contributed by atoms with Crippen LogP contribution in [0.15, 0.2) is 114 Å². The van der Waals surface area contributed by atoms with Crippen molar-refractivity contribution in [1.29, 1.82) is 0 Å². The molecule has 0 aliphatic carbocycles. The third-order valence-electron chi connectivity index (χ3n) is 21.0. The summed E-state index contributed by atoms with van der Waals surface area (Å²) in [5.74, 6) is -2.33. The van der Waals surface area contributed by atoms with E-state index in [0.29, 0.717) is 77.3 Å². The van der Waals surface area contributed by atoms with Crippen molar-refractivity contribution in [2.45, 2.75) is 113 Å². The van der Waals surface area contributed by atoms with Crippen LogP contribution in [0.4, 0.5) is 22.0 Å². The number of aliphatic hydroxyl groups excluding tert-OH is 3. The molecule has 15 nitrogen and oxygen atoms in total. The minimum Gasteiger partial charge on any atom is -0.497 e. The van der Waals surface area contributed by atoms with Crippen LogP contribution in [0.3, 0.4) is 0 Å². The van der Waals surface area contributed by atoms with E-state index in [2.05, 4.69) is 36.8 Å². The van der Waals surface area contributed by atoms with Crippen molar-refractivity contribution in [2.24, 2.45) is 17.8 Å². The average Bonchev–Trinajstić information content (AvgIpc) is 1.02. The third kappa shape index (κ3) is 20.9. The van der Waals surface area contributed by atoms with Crippen molar-refractivity contribution < 1.29 is 56.4 Å². The monoisotopic (exact) mass is 1460 g/mol. The number of aromatic nitrogens is 2. The summed E-state index contributed by atoms with van der Waals surface area (Å²) in [7, 11) is 1.69. The molecule has 0 bridgehead atoms. The fraction of sp³-hybridized carbons (Fsp3) is 0.487. The van der Waals surface area contributed by atoms with Gasteiger partial charge in [0.2, 0.25) is 17.7 Å². The van der Waals surface area contributed by atoms with Crippen LogP contribution in [0.2, 0.25) is 10.0 Å². The van der Waals surface area contributed by atoms with Gasteiger partial charge in [-0.15, -0.1) is 22.7 Å². The fourth-order valence-corrected chi connectivity index (χ4v) is 17.2. The summed E-state index contributed by atoms with van der Waals surface area (Å²) >= 11 is 15.4. The predicted molar refractivity (Wildman–Crippen MR) is 385 cm³/mol. The van der Waals surface area contributed by atoms with Crippen LogP contribution in [0.5, 0.6) is 5.75 Å². The lowest BCUT2D eigenvalue weighted by molar-refractivity contribution is -0.128. The van der Waals surface area contributed by atoms with Gasteiger partial charge in [-0.25, -0.2) is 31.9 Å². The van der Waals surface area contributed by atoms with Crippen molar-refractivity contribution >= 4 is 81.8 Å². The first kappa shape index (κ1) is 76.2. The molecule has 8 heterocycles. The van der Waals surface area contributed by atoms with Gasteiger partial charge >= 0.3 is 0 Å².